The van der Waals surface area contributed by atoms with E-state index in [1.807, 2.05) is 6.92 Å². The van der Waals surface area contributed by atoms with E-state index in [4.69, 9.17) is 9.52 Å². The molecular weight excluding hydrogens is 242 g/mol. The van der Waals surface area contributed by atoms with Gasteiger partial charge in [-0.1, -0.05) is 26.7 Å². The third-order valence-electron chi connectivity index (χ3n) is 4.28. The fourth-order valence-corrected chi connectivity index (χ4v) is 2.91. The number of carbonyl (C=O) groups is 1. The second-order valence-corrected chi connectivity index (χ2v) is 6.17. The first-order chi connectivity index (χ1) is 8.90. The van der Waals surface area contributed by atoms with Crippen molar-refractivity contribution in [1.29, 1.82) is 0 Å². The van der Waals surface area contributed by atoms with Crippen LogP contribution in [0.4, 0.5) is 0 Å². The van der Waals surface area contributed by atoms with Gasteiger partial charge in [0.15, 0.2) is 0 Å². The van der Waals surface area contributed by atoms with Crippen molar-refractivity contribution in [2.24, 2.45) is 5.41 Å². The Labute approximate surface area is 114 Å². The van der Waals surface area contributed by atoms with Crippen LogP contribution >= 0.6 is 0 Å². The molecule has 0 aromatic carbocycles. The third-order valence-corrected chi connectivity index (χ3v) is 4.28. The summed E-state index contributed by atoms with van der Waals surface area (Å²) in [5.41, 5.74) is 1.25. The summed E-state index contributed by atoms with van der Waals surface area (Å²) in [5, 5.41) is 12.5. The largest absolute Gasteiger partial charge is 0.475 e. The molecule has 0 radical (unpaired) electrons. The summed E-state index contributed by atoms with van der Waals surface area (Å²) in [6, 6.07) is 2.12. The molecule has 0 aliphatic heterocycles. The van der Waals surface area contributed by atoms with Gasteiger partial charge < -0.3 is 14.8 Å². The predicted molar refractivity (Wildman–Crippen MR) is 73.3 cm³/mol. The first-order valence-corrected chi connectivity index (χ1v) is 6.96. The smallest absolute Gasteiger partial charge is 0.371 e. The zero-order chi connectivity index (χ0) is 14.0. The fraction of sp³-hybridized carbons (Fsp3) is 0.667. The number of aryl methyl sites for hydroxylation is 1. The summed E-state index contributed by atoms with van der Waals surface area (Å²) in [6.07, 6.45) is 5.01. The molecule has 1 fully saturated rings. The summed E-state index contributed by atoms with van der Waals surface area (Å²) in [5.74, 6) is -0.289. The molecule has 0 bridgehead atoms. The molecule has 0 spiro atoms. The molecule has 1 aliphatic carbocycles. The number of hydrogen-bond acceptors (Lipinski definition) is 3. The Morgan fingerprint density at radius 3 is 2.84 bits per heavy atom. The maximum Gasteiger partial charge on any atom is 0.371 e. The molecule has 106 valence electrons. The van der Waals surface area contributed by atoms with E-state index < -0.39 is 5.97 Å². The standard InChI is InChI=1S/C15H23NO3/c1-10-11(8-12(19-10)14(17)18)9-16-13-6-4-5-7-15(13,2)3/h8,13,16H,4-7,9H2,1-3H3,(H,17,18). The minimum atomic E-state index is -1.01. The Morgan fingerprint density at radius 1 is 1.53 bits per heavy atom. The summed E-state index contributed by atoms with van der Waals surface area (Å²) in [6.45, 7) is 7.09. The van der Waals surface area contributed by atoms with E-state index in [1.54, 1.807) is 6.07 Å². The highest BCUT2D eigenvalue weighted by atomic mass is 16.4. The van der Waals surface area contributed by atoms with Crippen LogP contribution < -0.4 is 5.32 Å². The highest BCUT2D eigenvalue weighted by Crippen LogP contribution is 2.35. The van der Waals surface area contributed by atoms with Crippen LogP contribution in [0.2, 0.25) is 0 Å². The molecule has 0 saturated heterocycles. The molecule has 1 aromatic heterocycles. The summed E-state index contributed by atoms with van der Waals surface area (Å²) >= 11 is 0. The molecule has 4 heteroatoms. The Kier molecular flexibility index (Phi) is 3.99. The highest BCUT2D eigenvalue weighted by molar-refractivity contribution is 5.84. The maximum absolute atomic E-state index is 10.9. The van der Waals surface area contributed by atoms with Crippen LogP contribution in [-0.2, 0) is 6.54 Å². The molecule has 2 N–H and O–H groups in total. The average molecular weight is 265 g/mol. The molecule has 1 atom stereocenters. The molecule has 1 unspecified atom stereocenters. The molecule has 1 heterocycles. The van der Waals surface area contributed by atoms with Crippen molar-refractivity contribution in [2.75, 3.05) is 0 Å². The topological polar surface area (TPSA) is 62.5 Å². The van der Waals surface area contributed by atoms with Crippen LogP contribution in [0.15, 0.2) is 10.5 Å². The number of rotatable bonds is 4. The molecule has 4 nitrogen and oxygen atoms in total. The van der Waals surface area contributed by atoms with E-state index in [0.29, 0.717) is 23.8 Å². The van der Waals surface area contributed by atoms with Crippen LogP contribution in [0.25, 0.3) is 0 Å². The van der Waals surface area contributed by atoms with E-state index in [9.17, 15) is 4.79 Å². The number of carboxylic acid groups (broad SMARTS) is 1. The number of carboxylic acids is 1. The minimum Gasteiger partial charge on any atom is -0.475 e. The molecule has 1 saturated carbocycles. The molecule has 19 heavy (non-hydrogen) atoms. The van der Waals surface area contributed by atoms with Gasteiger partial charge in [-0.3, -0.25) is 0 Å². The van der Waals surface area contributed by atoms with Gasteiger partial charge in [0, 0.05) is 18.2 Å². The molecule has 0 amide bonds. The lowest BCUT2D eigenvalue weighted by atomic mass is 9.73. The van der Waals surface area contributed by atoms with Gasteiger partial charge in [-0.25, -0.2) is 4.79 Å². The summed E-state index contributed by atoms with van der Waals surface area (Å²) < 4.78 is 5.23. The second-order valence-electron chi connectivity index (χ2n) is 6.17. The first-order valence-electron chi connectivity index (χ1n) is 6.96. The first kappa shape index (κ1) is 14.1. The third kappa shape index (κ3) is 3.18. The molecule has 1 aromatic rings. The van der Waals surface area contributed by atoms with Gasteiger partial charge in [-0.05, 0) is 31.2 Å². The van der Waals surface area contributed by atoms with Gasteiger partial charge in [0.25, 0.3) is 0 Å². The summed E-state index contributed by atoms with van der Waals surface area (Å²) in [7, 11) is 0. The Balaban J connectivity index is 2.00. The zero-order valence-corrected chi connectivity index (χ0v) is 12.0. The van der Waals surface area contributed by atoms with Gasteiger partial charge in [-0.15, -0.1) is 0 Å². The monoisotopic (exact) mass is 265 g/mol. The Bertz CT molecular complexity index is 462. The molecule has 1 aliphatic rings. The van der Waals surface area contributed by atoms with Crippen LogP contribution in [0.5, 0.6) is 0 Å². The molecule has 2 rings (SSSR count). The zero-order valence-electron chi connectivity index (χ0n) is 12.0. The predicted octanol–water partition coefficient (Wildman–Crippen LogP) is 3.34. The number of hydrogen-bond donors (Lipinski definition) is 2. The van der Waals surface area contributed by atoms with Crippen LogP contribution in [0, 0.1) is 12.3 Å². The number of nitrogens with one attached hydrogen (secondary N) is 1. The lowest BCUT2D eigenvalue weighted by molar-refractivity contribution is 0.0661. The van der Waals surface area contributed by atoms with Gasteiger partial charge in [0.1, 0.15) is 5.76 Å². The lowest BCUT2D eigenvalue weighted by Gasteiger charge is -2.39. The fourth-order valence-electron chi connectivity index (χ4n) is 2.91. The molecular formula is C15H23NO3. The van der Waals surface area contributed by atoms with E-state index in [-0.39, 0.29) is 5.76 Å². The van der Waals surface area contributed by atoms with E-state index in [1.165, 1.54) is 25.7 Å². The highest BCUT2D eigenvalue weighted by Gasteiger charge is 2.31. The second kappa shape index (κ2) is 5.37. The van der Waals surface area contributed by atoms with Crippen LogP contribution in [0.3, 0.4) is 0 Å². The Morgan fingerprint density at radius 2 is 2.26 bits per heavy atom. The SMILES string of the molecule is Cc1oc(C(=O)O)cc1CNC1CCCCC1(C)C. The van der Waals surface area contributed by atoms with E-state index in [0.717, 1.165) is 5.56 Å². The van der Waals surface area contributed by atoms with Crippen LogP contribution in [0.1, 0.15) is 61.4 Å². The van der Waals surface area contributed by atoms with Crippen molar-refractivity contribution >= 4 is 5.97 Å². The average Bonchev–Trinajstić information content (AvgIpc) is 2.69. The minimum absolute atomic E-state index is 0.0252. The van der Waals surface area contributed by atoms with Crippen molar-refractivity contribution in [3.05, 3.63) is 23.2 Å². The Hall–Kier alpha value is -1.29. The van der Waals surface area contributed by atoms with Crippen molar-refractivity contribution < 1.29 is 14.3 Å². The maximum atomic E-state index is 10.9. The van der Waals surface area contributed by atoms with Crippen molar-refractivity contribution in [1.82, 2.24) is 5.32 Å². The number of furan rings is 1. The summed E-state index contributed by atoms with van der Waals surface area (Å²) in [4.78, 5) is 10.9. The van der Waals surface area contributed by atoms with Gasteiger partial charge >= 0.3 is 5.97 Å². The lowest BCUT2D eigenvalue weighted by Crippen LogP contribution is -2.43. The van der Waals surface area contributed by atoms with E-state index >= 15 is 0 Å². The van der Waals surface area contributed by atoms with Gasteiger partial charge in [0.2, 0.25) is 5.76 Å². The van der Waals surface area contributed by atoms with Crippen molar-refractivity contribution in [2.45, 2.75) is 59.0 Å². The van der Waals surface area contributed by atoms with Gasteiger partial charge in [0.05, 0.1) is 0 Å². The van der Waals surface area contributed by atoms with Crippen LogP contribution in [-0.4, -0.2) is 17.1 Å². The van der Waals surface area contributed by atoms with Crippen molar-refractivity contribution in [3.8, 4) is 0 Å². The quantitative estimate of drug-likeness (QED) is 0.876. The van der Waals surface area contributed by atoms with E-state index in [2.05, 4.69) is 19.2 Å². The number of aromatic carboxylic acids is 1. The van der Waals surface area contributed by atoms with Gasteiger partial charge in [-0.2, -0.15) is 0 Å². The van der Waals surface area contributed by atoms with Crippen molar-refractivity contribution in [3.63, 3.8) is 0 Å². The normalized spacial score (nSPS) is 22.4.